The molecule has 1 aromatic rings. The molecule has 1 saturated heterocycles. The SMILES string of the molecule is CCCOc1ccc(C2C3=C(OC4CCCCC4C3=O)C(=O)N2CC2CCCO2)cc1. The van der Waals surface area contributed by atoms with E-state index in [1.54, 1.807) is 4.90 Å². The zero-order valence-corrected chi connectivity index (χ0v) is 18.2. The Bertz CT molecular complexity index is 870. The predicted octanol–water partition coefficient (Wildman–Crippen LogP) is 3.95. The van der Waals surface area contributed by atoms with Gasteiger partial charge in [-0.25, -0.2) is 0 Å². The largest absolute Gasteiger partial charge is 0.494 e. The van der Waals surface area contributed by atoms with E-state index in [0.717, 1.165) is 62.9 Å². The van der Waals surface area contributed by atoms with Gasteiger partial charge in [-0.1, -0.05) is 25.5 Å². The molecule has 6 nitrogen and oxygen atoms in total. The summed E-state index contributed by atoms with van der Waals surface area (Å²) in [5.74, 6) is 0.887. The summed E-state index contributed by atoms with van der Waals surface area (Å²) < 4.78 is 17.8. The van der Waals surface area contributed by atoms with Gasteiger partial charge in [-0.05, 0) is 56.2 Å². The molecule has 1 saturated carbocycles. The number of Topliss-reactive ketones (excluding diaryl/α,β-unsaturated/α-hetero) is 1. The standard InChI is InChI=1S/C25H31NO5/c1-2-13-29-17-11-9-16(10-12-17)22-21-23(27)19-7-3-4-8-20(19)31-24(21)25(28)26(22)15-18-6-5-14-30-18/h9-12,18-20,22H,2-8,13-15H2,1H3. The van der Waals surface area contributed by atoms with E-state index in [2.05, 4.69) is 6.92 Å². The Morgan fingerprint density at radius 2 is 1.87 bits per heavy atom. The van der Waals surface area contributed by atoms with Gasteiger partial charge < -0.3 is 19.1 Å². The first-order valence-electron chi connectivity index (χ1n) is 11.8. The fraction of sp³-hybridized carbons (Fsp3) is 0.600. The zero-order chi connectivity index (χ0) is 21.4. The lowest BCUT2D eigenvalue weighted by Crippen LogP contribution is -2.39. The first-order valence-corrected chi connectivity index (χ1v) is 11.8. The molecule has 3 heterocycles. The van der Waals surface area contributed by atoms with Crippen LogP contribution in [0.2, 0.25) is 0 Å². The number of hydrogen-bond acceptors (Lipinski definition) is 5. The molecular formula is C25H31NO5. The summed E-state index contributed by atoms with van der Waals surface area (Å²) in [6, 6.07) is 7.39. The van der Waals surface area contributed by atoms with E-state index >= 15 is 0 Å². The van der Waals surface area contributed by atoms with Crippen molar-refractivity contribution < 1.29 is 23.8 Å². The zero-order valence-electron chi connectivity index (χ0n) is 18.2. The van der Waals surface area contributed by atoms with Crippen molar-refractivity contribution in [2.24, 2.45) is 5.92 Å². The van der Waals surface area contributed by atoms with Gasteiger partial charge in [0.2, 0.25) is 0 Å². The van der Waals surface area contributed by atoms with Crippen molar-refractivity contribution in [3.05, 3.63) is 41.2 Å². The molecule has 0 aromatic heterocycles. The van der Waals surface area contributed by atoms with Crippen LogP contribution in [0.4, 0.5) is 0 Å². The monoisotopic (exact) mass is 425 g/mol. The van der Waals surface area contributed by atoms with Crippen molar-refractivity contribution in [1.29, 1.82) is 0 Å². The Morgan fingerprint density at radius 3 is 2.61 bits per heavy atom. The summed E-state index contributed by atoms with van der Waals surface area (Å²) in [4.78, 5) is 28.8. The summed E-state index contributed by atoms with van der Waals surface area (Å²) in [7, 11) is 0. The average molecular weight is 426 g/mol. The van der Waals surface area contributed by atoms with Gasteiger partial charge in [0.1, 0.15) is 11.9 Å². The lowest BCUT2D eigenvalue weighted by atomic mass is 9.77. The number of amides is 1. The first-order chi connectivity index (χ1) is 15.2. The van der Waals surface area contributed by atoms with Crippen LogP contribution >= 0.6 is 0 Å². The van der Waals surface area contributed by atoms with Crippen molar-refractivity contribution in [2.45, 2.75) is 70.1 Å². The van der Waals surface area contributed by atoms with Crippen molar-refractivity contribution in [1.82, 2.24) is 4.90 Å². The maximum Gasteiger partial charge on any atom is 0.290 e. The highest BCUT2D eigenvalue weighted by Crippen LogP contribution is 2.47. The van der Waals surface area contributed by atoms with Gasteiger partial charge in [0, 0.05) is 13.2 Å². The molecule has 4 unspecified atom stereocenters. The Morgan fingerprint density at radius 1 is 1.06 bits per heavy atom. The van der Waals surface area contributed by atoms with Crippen LogP contribution in [0, 0.1) is 5.92 Å². The van der Waals surface area contributed by atoms with E-state index in [9.17, 15) is 9.59 Å². The van der Waals surface area contributed by atoms with Crippen molar-refractivity contribution in [3.8, 4) is 5.75 Å². The Labute approximate surface area is 183 Å². The molecule has 5 rings (SSSR count). The molecular weight excluding hydrogens is 394 g/mol. The van der Waals surface area contributed by atoms with Crippen LogP contribution in [-0.2, 0) is 19.1 Å². The van der Waals surface area contributed by atoms with Gasteiger partial charge in [-0.3, -0.25) is 9.59 Å². The first kappa shape index (κ1) is 20.6. The van der Waals surface area contributed by atoms with Crippen LogP contribution in [0.1, 0.15) is 63.5 Å². The topological polar surface area (TPSA) is 65.1 Å². The molecule has 0 radical (unpaired) electrons. The third kappa shape index (κ3) is 3.75. The minimum Gasteiger partial charge on any atom is -0.494 e. The van der Waals surface area contributed by atoms with Gasteiger partial charge in [0.05, 0.1) is 30.2 Å². The second-order valence-corrected chi connectivity index (χ2v) is 9.07. The van der Waals surface area contributed by atoms with Crippen molar-refractivity contribution in [3.63, 3.8) is 0 Å². The number of nitrogens with zero attached hydrogens (tertiary/aromatic N) is 1. The van der Waals surface area contributed by atoms with Gasteiger partial charge in [-0.2, -0.15) is 0 Å². The van der Waals surface area contributed by atoms with E-state index in [-0.39, 0.29) is 35.6 Å². The van der Waals surface area contributed by atoms with E-state index in [0.29, 0.717) is 18.7 Å². The lowest BCUT2D eigenvalue weighted by Gasteiger charge is -2.35. The second kappa shape index (κ2) is 8.65. The van der Waals surface area contributed by atoms with Crippen LogP contribution in [0.15, 0.2) is 35.6 Å². The Hall–Kier alpha value is -2.34. The van der Waals surface area contributed by atoms with Crippen LogP contribution in [0.25, 0.3) is 0 Å². The quantitative estimate of drug-likeness (QED) is 0.691. The molecule has 6 heteroatoms. The number of rotatable bonds is 6. The lowest BCUT2D eigenvalue weighted by molar-refractivity contribution is -0.136. The fourth-order valence-electron chi connectivity index (χ4n) is 5.40. The molecule has 31 heavy (non-hydrogen) atoms. The summed E-state index contributed by atoms with van der Waals surface area (Å²) in [6.07, 6.45) is 6.53. The molecule has 2 fully saturated rings. The third-order valence-electron chi connectivity index (χ3n) is 6.95. The summed E-state index contributed by atoms with van der Waals surface area (Å²) >= 11 is 0. The number of carbonyl (C=O) groups excluding carboxylic acids is 2. The molecule has 0 N–H and O–H groups in total. The van der Waals surface area contributed by atoms with Gasteiger partial charge in [0.15, 0.2) is 11.5 Å². The second-order valence-electron chi connectivity index (χ2n) is 9.07. The number of fused-ring (bicyclic) bond motifs is 1. The number of ether oxygens (including phenoxy) is 3. The van der Waals surface area contributed by atoms with Crippen molar-refractivity contribution >= 4 is 11.7 Å². The summed E-state index contributed by atoms with van der Waals surface area (Å²) in [5, 5.41) is 0. The van der Waals surface area contributed by atoms with E-state index in [1.165, 1.54) is 0 Å². The normalized spacial score (nSPS) is 30.3. The maximum atomic E-state index is 13.6. The maximum absolute atomic E-state index is 13.6. The smallest absolute Gasteiger partial charge is 0.290 e. The molecule has 3 aliphatic heterocycles. The summed E-state index contributed by atoms with van der Waals surface area (Å²) in [5.41, 5.74) is 1.47. The molecule has 1 aliphatic carbocycles. The highest BCUT2D eigenvalue weighted by molar-refractivity contribution is 6.11. The number of benzene rings is 1. The van der Waals surface area contributed by atoms with Crippen LogP contribution in [-0.4, -0.2) is 48.6 Å². The number of ketones is 1. The van der Waals surface area contributed by atoms with E-state index < -0.39 is 6.04 Å². The van der Waals surface area contributed by atoms with E-state index in [4.69, 9.17) is 14.2 Å². The third-order valence-corrected chi connectivity index (χ3v) is 6.95. The molecule has 1 aromatic carbocycles. The highest BCUT2D eigenvalue weighted by atomic mass is 16.5. The van der Waals surface area contributed by atoms with Gasteiger partial charge in [-0.15, -0.1) is 0 Å². The molecule has 166 valence electrons. The van der Waals surface area contributed by atoms with Crippen LogP contribution in [0.3, 0.4) is 0 Å². The molecule has 0 spiro atoms. The van der Waals surface area contributed by atoms with Gasteiger partial charge in [0.25, 0.3) is 5.91 Å². The number of hydrogen-bond donors (Lipinski definition) is 0. The predicted molar refractivity (Wildman–Crippen MR) is 115 cm³/mol. The van der Waals surface area contributed by atoms with Crippen molar-refractivity contribution in [2.75, 3.05) is 19.8 Å². The fourth-order valence-corrected chi connectivity index (χ4v) is 5.40. The molecule has 4 aliphatic rings. The van der Waals surface area contributed by atoms with Gasteiger partial charge >= 0.3 is 0 Å². The summed E-state index contributed by atoms with van der Waals surface area (Å²) in [6.45, 7) is 3.95. The molecule has 0 bridgehead atoms. The Kier molecular flexibility index (Phi) is 5.74. The minimum absolute atomic E-state index is 0.0114. The minimum atomic E-state index is -0.415. The van der Waals surface area contributed by atoms with Crippen LogP contribution < -0.4 is 4.74 Å². The Balaban J connectivity index is 1.49. The van der Waals surface area contributed by atoms with E-state index in [1.807, 2.05) is 24.3 Å². The van der Waals surface area contributed by atoms with Crippen LogP contribution in [0.5, 0.6) is 5.75 Å². The highest BCUT2D eigenvalue weighted by Gasteiger charge is 2.52. The average Bonchev–Trinajstić information content (AvgIpc) is 3.41. The number of carbonyl (C=O) groups is 2. The molecule has 4 atom stereocenters. The molecule has 1 amide bonds.